The summed E-state index contributed by atoms with van der Waals surface area (Å²) in [7, 11) is 1.40. The van der Waals surface area contributed by atoms with Gasteiger partial charge in [-0.1, -0.05) is 19.9 Å². The van der Waals surface area contributed by atoms with E-state index in [2.05, 4.69) is 18.6 Å². The Hall–Kier alpha value is -0.960. The molecule has 0 bridgehead atoms. The number of carbonyl (C=O) groups is 1. The second kappa shape index (κ2) is 5.21. The summed E-state index contributed by atoms with van der Waals surface area (Å²) >= 11 is 1.76. The Bertz CT molecular complexity index is 359. The minimum atomic E-state index is -0.277. The van der Waals surface area contributed by atoms with Gasteiger partial charge in [-0.05, 0) is 24.6 Å². The summed E-state index contributed by atoms with van der Waals surface area (Å²) < 4.78 is 4.69. The smallest absolute Gasteiger partial charge is 0.337 e. The zero-order valence-corrected chi connectivity index (χ0v) is 10.4. The molecule has 0 aliphatic rings. The van der Waals surface area contributed by atoms with Gasteiger partial charge in [0.2, 0.25) is 0 Å². The van der Waals surface area contributed by atoms with Crippen LogP contribution in [-0.2, 0) is 4.74 Å². The number of carbonyl (C=O) groups excluding carboxylic acids is 1. The van der Waals surface area contributed by atoms with Crippen LogP contribution in [0, 0.1) is 6.92 Å². The van der Waals surface area contributed by atoms with Crippen LogP contribution in [0.1, 0.15) is 29.8 Å². The number of ether oxygens (including phenoxy) is 1. The van der Waals surface area contributed by atoms with E-state index >= 15 is 0 Å². The van der Waals surface area contributed by atoms with Crippen LogP contribution in [-0.4, -0.2) is 18.3 Å². The average Bonchev–Trinajstić information content (AvgIpc) is 2.19. The molecular weight excluding hydrogens is 208 g/mol. The lowest BCUT2D eigenvalue weighted by atomic mass is 10.1. The Morgan fingerprint density at radius 1 is 1.40 bits per heavy atom. The van der Waals surface area contributed by atoms with Gasteiger partial charge in [-0.3, -0.25) is 0 Å². The predicted octanol–water partition coefficient (Wildman–Crippen LogP) is 3.28. The summed E-state index contributed by atoms with van der Waals surface area (Å²) in [6.45, 7) is 6.32. The van der Waals surface area contributed by atoms with Crippen molar-refractivity contribution in [3.63, 3.8) is 0 Å². The number of hydrogen-bond donors (Lipinski definition) is 0. The molecule has 1 rings (SSSR count). The first-order valence-corrected chi connectivity index (χ1v) is 5.78. The van der Waals surface area contributed by atoms with Crippen molar-refractivity contribution < 1.29 is 9.53 Å². The normalized spacial score (nSPS) is 10.5. The van der Waals surface area contributed by atoms with Gasteiger partial charge in [0.15, 0.2) is 0 Å². The lowest BCUT2D eigenvalue weighted by Crippen LogP contribution is -2.02. The second-order valence-corrected chi connectivity index (χ2v) is 5.26. The van der Waals surface area contributed by atoms with Gasteiger partial charge >= 0.3 is 5.97 Å². The van der Waals surface area contributed by atoms with E-state index < -0.39 is 0 Å². The molecule has 0 aliphatic heterocycles. The van der Waals surface area contributed by atoms with Crippen molar-refractivity contribution in [3.8, 4) is 0 Å². The second-order valence-electron chi connectivity index (χ2n) is 3.64. The van der Waals surface area contributed by atoms with E-state index in [0.29, 0.717) is 10.8 Å². The number of esters is 1. The van der Waals surface area contributed by atoms with Crippen LogP contribution in [0.5, 0.6) is 0 Å². The fraction of sp³-hybridized carbons (Fsp3) is 0.417. The fourth-order valence-corrected chi connectivity index (χ4v) is 2.18. The summed E-state index contributed by atoms with van der Waals surface area (Å²) in [5.74, 6) is -0.277. The van der Waals surface area contributed by atoms with Crippen LogP contribution in [0.2, 0.25) is 0 Å². The molecule has 1 aromatic carbocycles. The molecule has 2 nitrogen and oxygen atoms in total. The van der Waals surface area contributed by atoms with Crippen LogP contribution >= 0.6 is 11.8 Å². The molecule has 0 heterocycles. The first-order chi connectivity index (χ1) is 7.04. The van der Waals surface area contributed by atoms with Crippen molar-refractivity contribution in [2.24, 2.45) is 0 Å². The van der Waals surface area contributed by atoms with E-state index in [1.807, 2.05) is 19.1 Å². The Morgan fingerprint density at radius 3 is 2.60 bits per heavy atom. The number of benzene rings is 1. The van der Waals surface area contributed by atoms with Gasteiger partial charge in [0.25, 0.3) is 0 Å². The van der Waals surface area contributed by atoms with Crippen molar-refractivity contribution in [1.29, 1.82) is 0 Å². The molecule has 0 N–H and O–H groups in total. The van der Waals surface area contributed by atoms with Crippen LogP contribution in [0.3, 0.4) is 0 Å². The standard InChI is InChI=1S/C12H16O2S/c1-8(2)15-11-7-10(12(13)14-4)6-5-9(11)3/h5-8H,1-4H3. The van der Waals surface area contributed by atoms with E-state index in [1.54, 1.807) is 17.8 Å². The highest BCUT2D eigenvalue weighted by Gasteiger charge is 2.09. The SMILES string of the molecule is COC(=O)c1ccc(C)c(SC(C)C)c1. The number of hydrogen-bond acceptors (Lipinski definition) is 3. The molecule has 0 atom stereocenters. The van der Waals surface area contributed by atoms with Gasteiger partial charge in [-0.2, -0.15) is 0 Å². The number of rotatable bonds is 3. The molecule has 0 radical (unpaired) electrons. The highest BCUT2D eigenvalue weighted by Crippen LogP contribution is 2.27. The maximum Gasteiger partial charge on any atom is 0.337 e. The van der Waals surface area contributed by atoms with Gasteiger partial charge in [0, 0.05) is 10.1 Å². The van der Waals surface area contributed by atoms with E-state index in [9.17, 15) is 4.79 Å². The Labute approximate surface area is 95.0 Å². The Morgan fingerprint density at radius 2 is 2.07 bits per heavy atom. The molecule has 82 valence electrons. The van der Waals surface area contributed by atoms with Gasteiger partial charge < -0.3 is 4.74 Å². The summed E-state index contributed by atoms with van der Waals surface area (Å²) in [6.07, 6.45) is 0. The summed E-state index contributed by atoms with van der Waals surface area (Å²) in [5, 5.41) is 0.511. The van der Waals surface area contributed by atoms with E-state index in [-0.39, 0.29) is 5.97 Å². The highest BCUT2D eigenvalue weighted by molar-refractivity contribution is 8.00. The van der Waals surface area contributed by atoms with Crippen molar-refractivity contribution in [1.82, 2.24) is 0 Å². The zero-order chi connectivity index (χ0) is 11.4. The molecule has 0 spiro atoms. The molecule has 1 aromatic rings. The van der Waals surface area contributed by atoms with E-state index in [4.69, 9.17) is 0 Å². The van der Waals surface area contributed by atoms with E-state index in [0.717, 1.165) is 4.90 Å². The van der Waals surface area contributed by atoms with Crippen molar-refractivity contribution in [2.75, 3.05) is 7.11 Å². The largest absolute Gasteiger partial charge is 0.465 e. The third kappa shape index (κ3) is 3.27. The predicted molar refractivity (Wildman–Crippen MR) is 63.5 cm³/mol. The van der Waals surface area contributed by atoms with Gasteiger partial charge in [-0.15, -0.1) is 11.8 Å². The lowest BCUT2D eigenvalue weighted by molar-refractivity contribution is 0.0600. The van der Waals surface area contributed by atoms with Crippen molar-refractivity contribution in [2.45, 2.75) is 30.9 Å². The minimum Gasteiger partial charge on any atom is -0.465 e. The average molecular weight is 224 g/mol. The van der Waals surface area contributed by atoms with Crippen LogP contribution in [0.25, 0.3) is 0 Å². The highest BCUT2D eigenvalue weighted by atomic mass is 32.2. The fourth-order valence-electron chi connectivity index (χ4n) is 1.23. The quantitative estimate of drug-likeness (QED) is 0.582. The first-order valence-electron chi connectivity index (χ1n) is 4.90. The number of thioether (sulfide) groups is 1. The molecule has 3 heteroatoms. The summed E-state index contributed by atoms with van der Waals surface area (Å²) in [6, 6.07) is 5.65. The maximum atomic E-state index is 11.3. The zero-order valence-electron chi connectivity index (χ0n) is 9.53. The molecule has 0 aliphatic carbocycles. The van der Waals surface area contributed by atoms with Crippen LogP contribution in [0.15, 0.2) is 23.1 Å². The Balaban J connectivity index is 2.99. The molecule has 0 fully saturated rings. The molecule has 15 heavy (non-hydrogen) atoms. The van der Waals surface area contributed by atoms with Crippen LogP contribution < -0.4 is 0 Å². The summed E-state index contributed by atoms with van der Waals surface area (Å²) in [5.41, 5.74) is 1.81. The van der Waals surface area contributed by atoms with Crippen LogP contribution in [0.4, 0.5) is 0 Å². The van der Waals surface area contributed by atoms with Crippen molar-refractivity contribution >= 4 is 17.7 Å². The molecular formula is C12H16O2S. The van der Waals surface area contributed by atoms with Gasteiger partial charge in [0.05, 0.1) is 12.7 Å². The maximum absolute atomic E-state index is 11.3. The summed E-state index contributed by atoms with van der Waals surface area (Å²) in [4.78, 5) is 12.5. The van der Waals surface area contributed by atoms with Crippen molar-refractivity contribution in [3.05, 3.63) is 29.3 Å². The molecule has 0 saturated heterocycles. The monoisotopic (exact) mass is 224 g/mol. The third-order valence-corrected chi connectivity index (χ3v) is 3.14. The molecule has 0 amide bonds. The molecule has 0 saturated carbocycles. The lowest BCUT2D eigenvalue weighted by Gasteiger charge is -2.09. The topological polar surface area (TPSA) is 26.3 Å². The van der Waals surface area contributed by atoms with E-state index in [1.165, 1.54) is 12.7 Å². The minimum absolute atomic E-state index is 0.277. The van der Waals surface area contributed by atoms with Gasteiger partial charge in [0.1, 0.15) is 0 Å². The molecule has 0 aromatic heterocycles. The number of methoxy groups -OCH3 is 1. The first kappa shape index (κ1) is 12.1. The molecule has 0 unspecified atom stereocenters. The Kier molecular flexibility index (Phi) is 4.21. The number of aryl methyl sites for hydroxylation is 1. The van der Waals surface area contributed by atoms with Gasteiger partial charge in [-0.25, -0.2) is 4.79 Å². The third-order valence-electron chi connectivity index (χ3n) is 1.97.